The van der Waals surface area contributed by atoms with Crippen LogP contribution in [-0.2, 0) is 0 Å². The summed E-state index contributed by atoms with van der Waals surface area (Å²) < 4.78 is 0. The van der Waals surface area contributed by atoms with Crippen molar-refractivity contribution in [2.75, 3.05) is 11.9 Å². The number of nitrogens with two attached hydrogens (primary N) is 1. The van der Waals surface area contributed by atoms with Gasteiger partial charge in [-0.25, -0.2) is 0 Å². The molecule has 1 aromatic carbocycles. The van der Waals surface area contributed by atoms with Crippen LogP contribution < -0.4 is 11.1 Å². The second-order valence-corrected chi connectivity index (χ2v) is 4.21. The Hall–Kier alpha value is -0.930. The normalized spacial score (nSPS) is 11.6. The van der Waals surface area contributed by atoms with E-state index in [9.17, 15) is 0 Å². The molecule has 0 aliphatic heterocycles. The number of unbranched alkanes of at least 4 members (excludes halogenated alkanes) is 1. The first-order valence-electron chi connectivity index (χ1n) is 5.15. The lowest BCUT2D eigenvalue weighted by Crippen LogP contribution is -2.23. The number of benzene rings is 1. The van der Waals surface area contributed by atoms with Gasteiger partial charge in [-0.05, 0) is 24.6 Å². The molecular formula is C11H15Cl2N3. The lowest BCUT2D eigenvalue weighted by molar-refractivity contribution is 0.807. The lowest BCUT2D eigenvalue weighted by atomic mass is 10.3. The lowest BCUT2D eigenvalue weighted by Gasteiger charge is -2.07. The monoisotopic (exact) mass is 259 g/mol. The number of nitrogens with zero attached hydrogens (tertiary/aromatic N) is 1. The van der Waals surface area contributed by atoms with Crippen molar-refractivity contribution in [1.29, 1.82) is 0 Å². The van der Waals surface area contributed by atoms with Gasteiger partial charge in [0.2, 0.25) is 0 Å². The second kappa shape index (κ2) is 6.61. The standard InChI is InChI=1S/C11H15Cl2N3/c1-2-3-6-15-11(14)16-10-5-4-8(12)7-9(10)13/h4-5,7H,2-3,6H2,1H3,(H3,14,15,16). The van der Waals surface area contributed by atoms with Crippen molar-refractivity contribution in [2.45, 2.75) is 19.8 Å². The molecule has 1 rings (SSSR count). The molecule has 88 valence electrons. The van der Waals surface area contributed by atoms with Crippen molar-refractivity contribution in [3.63, 3.8) is 0 Å². The molecule has 0 aromatic heterocycles. The van der Waals surface area contributed by atoms with Gasteiger partial charge >= 0.3 is 0 Å². The van der Waals surface area contributed by atoms with Crippen LogP contribution in [-0.4, -0.2) is 12.5 Å². The van der Waals surface area contributed by atoms with Crippen molar-refractivity contribution >= 4 is 34.8 Å². The Bertz CT molecular complexity index is 377. The van der Waals surface area contributed by atoms with Crippen LogP contribution in [0.15, 0.2) is 23.2 Å². The highest BCUT2D eigenvalue weighted by atomic mass is 35.5. The number of guanidine groups is 1. The molecule has 0 aliphatic carbocycles. The molecule has 1 aromatic rings. The summed E-state index contributed by atoms with van der Waals surface area (Å²) in [6.07, 6.45) is 2.12. The predicted molar refractivity (Wildman–Crippen MR) is 71.5 cm³/mol. The molecule has 0 saturated carbocycles. The number of hydrogen-bond donors (Lipinski definition) is 2. The van der Waals surface area contributed by atoms with Gasteiger partial charge in [0.05, 0.1) is 10.7 Å². The van der Waals surface area contributed by atoms with Crippen LogP contribution in [0.2, 0.25) is 10.0 Å². The van der Waals surface area contributed by atoms with Crippen LogP contribution in [0.25, 0.3) is 0 Å². The zero-order chi connectivity index (χ0) is 12.0. The maximum atomic E-state index is 5.98. The summed E-state index contributed by atoms with van der Waals surface area (Å²) in [6.45, 7) is 2.83. The summed E-state index contributed by atoms with van der Waals surface area (Å²) in [7, 11) is 0. The minimum atomic E-state index is 0.373. The van der Waals surface area contributed by atoms with Gasteiger partial charge in [0, 0.05) is 11.6 Å². The van der Waals surface area contributed by atoms with E-state index in [0.717, 1.165) is 19.4 Å². The number of halogens is 2. The van der Waals surface area contributed by atoms with Crippen molar-refractivity contribution in [2.24, 2.45) is 10.7 Å². The van der Waals surface area contributed by atoms with E-state index in [1.807, 2.05) is 0 Å². The Balaban J connectivity index is 2.62. The first kappa shape index (κ1) is 13.1. The molecule has 0 spiro atoms. The third kappa shape index (κ3) is 4.29. The van der Waals surface area contributed by atoms with E-state index in [1.165, 1.54) is 0 Å². The van der Waals surface area contributed by atoms with Gasteiger partial charge < -0.3 is 11.1 Å². The van der Waals surface area contributed by atoms with Gasteiger partial charge in [0.1, 0.15) is 0 Å². The van der Waals surface area contributed by atoms with Gasteiger partial charge in [-0.15, -0.1) is 0 Å². The third-order valence-corrected chi connectivity index (χ3v) is 2.54. The van der Waals surface area contributed by atoms with E-state index in [0.29, 0.717) is 21.7 Å². The van der Waals surface area contributed by atoms with Crippen LogP contribution in [0, 0.1) is 0 Å². The Labute approximate surface area is 106 Å². The molecule has 0 saturated heterocycles. The quantitative estimate of drug-likeness (QED) is 0.494. The van der Waals surface area contributed by atoms with Crippen molar-refractivity contribution in [3.05, 3.63) is 28.2 Å². The van der Waals surface area contributed by atoms with Crippen LogP contribution in [0.3, 0.4) is 0 Å². The topological polar surface area (TPSA) is 50.4 Å². The average molecular weight is 260 g/mol. The molecule has 0 heterocycles. The van der Waals surface area contributed by atoms with Crippen molar-refractivity contribution in [3.8, 4) is 0 Å². The van der Waals surface area contributed by atoms with E-state index in [4.69, 9.17) is 28.9 Å². The minimum Gasteiger partial charge on any atom is -0.370 e. The molecule has 0 fully saturated rings. The number of rotatable bonds is 4. The highest BCUT2D eigenvalue weighted by Crippen LogP contribution is 2.24. The summed E-state index contributed by atoms with van der Waals surface area (Å²) >= 11 is 11.8. The predicted octanol–water partition coefficient (Wildman–Crippen LogP) is 3.52. The van der Waals surface area contributed by atoms with Crippen molar-refractivity contribution < 1.29 is 0 Å². The maximum Gasteiger partial charge on any atom is 0.193 e. The van der Waals surface area contributed by atoms with Gasteiger partial charge in [0.15, 0.2) is 5.96 Å². The molecule has 0 atom stereocenters. The Morgan fingerprint density at radius 1 is 1.44 bits per heavy atom. The molecule has 0 unspecified atom stereocenters. The van der Waals surface area contributed by atoms with E-state index < -0.39 is 0 Å². The molecule has 0 aliphatic rings. The van der Waals surface area contributed by atoms with Crippen LogP contribution >= 0.6 is 23.2 Å². The average Bonchev–Trinajstić information content (AvgIpc) is 2.23. The van der Waals surface area contributed by atoms with Crippen molar-refractivity contribution in [1.82, 2.24) is 0 Å². The zero-order valence-corrected chi connectivity index (χ0v) is 10.6. The Morgan fingerprint density at radius 3 is 2.81 bits per heavy atom. The summed E-state index contributed by atoms with van der Waals surface area (Å²) in [6, 6.07) is 5.17. The van der Waals surface area contributed by atoms with Gasteiger partial charge in [-0.3, -0.25) is 4.99 Å². The second-order valence-electron chi connectivity index (χ2n) is 3.37. The highest BCUT2D eigenvalue weighted by molar-refractivity contribution is 6.36. The molecule has 3 nitrogen and oxygen atoms in total. The fourth-order valence-electron chi connectivity index (χ4n) is 1.13. The van der Waals surface area contributed by atoms with E-state index >= 15 is 0 Å². The SMILES string of the molecule is CCCCN=C(N)Nc1ccc(Cl)cc1Cl. The maximum absolute atomic E-state index is 5.98. The molecule has 0 radical (unpaired) electrons. The summed E-state index contributed by atoms with van der Waals surface area (Å²) in [5.41, 5.74) is 6.41. The molecule has 5 heteroatoms. The number of anilines is 1. The number of nitrogens with one attached hydrogen (secondary N) is 1. The summed E-state index contributed by atoms with van der Waals surface area (Å²) in [4.78, 5) is 4.16. The van der Waals surface area contributed by atoms with Gasteiger partial charge in [-0.1, -0.05) is 36.5 Å². The largest absolute Gasteiger partial charge is 0.370 e. The van der Waals surface area contributed by atoms with E-state index in [-0.39, 0.29) is 0 Å². The third-order valence-electron chi connectivity index (χ3n) is 1.99. The van der Waals surface area contributed by atoms with E-state index in [2.05, 4.69) is 17.2 Å². The summed E-state index contributed by atoms with van der Waals surface area (Å²) in [5.74, 6) is 0.373. The molecule has 0 bridgehead atoms. The van der Waals surface area contributed by atoms with E-state index in [1.54, 1.807) is 18.2 Å². The van der Waals surface area contributed by atoms with Crippen LogP contribution in [0.1, 0.15) is 19.8 Å². The van der Waals surface area contributed by atoms with Gasteiger partial charge in [-0.2, -0.15) is 0 Å². The van der Waals surface area contributed by atoms with Crippen LogP contribution in [0.4, 0.5) is 5.69 Å². The fraction of sp³-hybridized carbons (Fsp3) is 0.364. The molecule has 0 amide bonds. The Kier molecular flexibility index (Phi) is 5.43. The highest BCUT2D eigenvalue weighted by Gasteiger charge is 2.01. The number of aliphatic imine (C=N–C) groups is 1. The molecular weight excluding hydrogens is 245 g/mol. The van der Waals surface area contributed by atoms with Crippen LogP contribution in [0.5, 0.6) is 0 Å². The Morgan fingerprint density at radius 2 is 2.19 bits per heavy atom. The fourth-order valence-corrected chi connectivity index (χ4v) is 1.58. The first-order chi connectivity index (χ1) is 7.63. The smallest absolute Gasteiger partial charge is 0.193 e. The zero-order valence-electron chi connectivity index (χ0n) is 9.13. The first-order valence-corrected chi connectivity index (χ1v) is 5.91. The molecule has 16 heavy (non-hydrogen) atoms. The minimum absolute atomic E-state index is 0.373. The van der Waals surface area contributed by atoms with Gasteiger partial charge in [0.25, 0.3) is 0 Å². The number of hydrogen-bond acceptors (Lipinski definition) is 1. The summed E-state index contributed by atoms with van der Waals surface area (Å²) in [5, 5.41) is 4.06. The molecule has 3 N–H and O–H groups in total.